The minimum atomic E-state index is -0.369. The first-order valence-corrected chi connectivity index (χ1v) is 10.4. The summed E-state index contributed by atoms with van der Waals surface area (Å²) in [7, 11) is 0. The van der Waals surface area contributed by atoms with Gasteiger partial charge < -0.3 is 14.2 Å². The second-order valence-electron chi connectivity index (χ2n) is 7.32. The topological polar surface area (TPSA) is 71.6 Å². The molecule has 31 heavy (non-hydrogen) atoms. The van der Waals surface area contributed by atoms with E-state index in [2.05, 4.69) is 5.10 Å². The maximum Gasteiger partial charge on any atom is 0.292 e. The van der Waals surface area contributed by atoms with Crippen molar-refractivity contribution >= 4 is 34.2 Å². The summed E-state index contributed by atoms with van der Waals surface area (Å²) in [4.78, 5) is 29.3. The molecular weight excluding hydrogens is 416 g/mol. The highest BCUT2D eigenvalue weighted by Crippen LogP contribution is 2.25. The minimum absolute atomic E-state index is 0.121. The van der Waals surface area contributed by atoms with Crippen molar-refractivity contribution in [3.05, 3.63) is 88.0 Å². The van der Waals surface area contributed by atoms with Crippen molar-refractivity contribution in [2.24, 2.45) is 0 Å². The Hall–Kier alpha value is -3.58. The SMILES string of the molecule is O=C(c1cc2ccccc2o1)N1CCN(c2cnn(-c3ccccc3)c(=O)c2Cl)CC1. The van der Waals surface area contributed by atoms with Crippen LogP contribution in [0.2, 0.25) is 5.02 Å². The molecule has 0 spiro atoms. The molecule has 0 atom stereocenters. The van der Waals surface area contributed by atoms with Crippen LogP contribution in [0.4, 0.5) is 5.69 Å². The Kier molecular flexibility index (Phi) is 4.95. The number of piperazine rings is 1. The molecule has 7 nitrogen and oxygen atoms in total. The summed E-state index contributed by atoms with van der Waals surface area (Å²) in [6.07, 6.45) is 1.60. The Balaban J connectivity index is 1.32. The predicted octanol–water partition coefficient (Wildman–Crippen LogP) is 3.59. The van der Waals surface area contributed by atoms with Gasteiger partial charge in [-0.25, -0.2) is 0 Å². The van der Waals surface area contributed by atoms with E-state index in [-0.39, 0.29) is 16.5 Å². The smallest absolute Gasteiger partial charge is 0.292 e. The van der Waals surface area contributed by atoms with Gasteiger partial charge in [-0.1, -0.05) is 48.0 Å². The molecule has 0 aliphatic carbocycles. The van der Waals surface area contributed by atoms with Crippen LogP contribution in [-0.4, -0.2) is 46.8 Å². The number of anilines is 1. The number of rotatable bonds is 3. The second kappa shape index (κ2) is 7.92. The van der Waals surface area contributed by atoms with Gasteiger partial charge in [0.05, 0.1) is 17.6 Å². The highest BCUT2D eigenvalue weighted by Gasteiger charge is 2.26. The van der Waals surface area contributed by atoms with Crippen molar-refractivity contribution in [2.75, 3.05) is 31.1 Å². The average molecular weight is 435 g/mol. The van der Waals surface area contributed by atoms with E-state index < -0.39 is 0 Å². The van der Waals surface area contributed by atoms with E-state index >= 15 is 0 Å². The van der Waals surface area contributed by atoms with Crippen LogP contribution in [0.1, 0.15) is 10.6 Å². The molecule has 0 saturated carbocycles. The van der Waals surface area contributed by atoms with Gasteiger partial charge in [0.15, 0.2) is 5.76 Å². The van der Waals surface area contributed by atoms with Gasteiger partial charge in [-0.05, 0) is 24.3 Å². The van der Waals surface area contributed by atoms with Crippen LogP contribution in [0.15, 0.2) is 76.1 Å². The largest absolute Gasteiger partial charge is 0.451 e. The number of aromatic nitrogens is 2. The molecule has 2 aromatic carbocycles. The predicted molar refractivity (Wildman–Crippen MR) is 119 cm³/mol. The number of para-hydroxylation sites is 2. The highest BCUT2D eigenvalue weighted by atomic mass is 35.5. The van der Waals surface area contributed by atoms with Gasteiger partial charge in [-0.2, -0.15) is 9.78 Å². The molecular formula is C23H19ClN4O3. The molecule has 0 radical (unpaired) electrons. The first-order chi connectivity index (χ1) is 15.1. The van der Waals surface area contributed by atoms with E-state index in [9.17, 15) is 9.59 Å². The number of hydrogen-bond acceptors (Lipinski definition) is 5. The minimum Gasteiger partial charge on any atom is -0.451 e. The van der Waals surface area contributed by atoms with E-state index in [0.29, 0.717) is 48.9 Å². The first-order valence-electron chi connectivity index (χ1n) is 9.98. The molecule has 0 bridgehead atoms. The van der Waals surface area contributed by atoms with Crippen molar-refractivity contribution in [2.45, 2.75) is 0 Å². The molecule has 8 heteroatoms. The van der Waals surface area contributed by atoms with Crippen LogP contribution < -0.4 is 10.5 Å². The third-order valence-corrected chi connectivity index (χ3v) is 5.80. The molecule has 1 saturated heterocycles. The van der Waals surface area contributed by atoms with Crippen LogP contribution in [0.3, 0.4) is 0 Å². The standard InChI is InChI=1S/C23H19ClN4O3/c24-21-18(15-25-28(23(21)30)17-7-2-1-3-8-17)26-10-12-27(13-11-26)22(29)20-14-16-6-4-5-9-19(16)31-20/h1-9,14-15H,10-13H2. The number of fused-ring (bicyclic) bond motifs is 1. The van der Waals surface area contributed by atoms with Gasteiger partial charge in [0, 0.05) is 31.6 Å². The van der Waals surface area contributed by atoms with Gasteiger partial charge in [0.1, 0.15) is 10.6 Å². The lowest BCUT2D eigenvalue weighted by atomic mass is 10.2. The summed E-state index contributed by atoms with van der Waals surface area (Å²) in [5.41, 5.74) is 1.56. The summed E-state index contributed by atoms with van der Waals surface area (Å²) in [5.74, 6) is 0.194. The summed E-state index contributed by atoms with van der Waals surface area (Å²) in [6, 6.07) is 18.5. The van der Waals surface area contributed by atoms with Gasteiger partial charge in [0.2, 0.25) is 0 Å². The molecule has 156 valence electrons. The fourth-order valence-corrected chi connectivity index (χ4v) is 4.04. The summed E-state index contributed by atoms with van der Waals surface area (Å²) in [6.45, 7) is 2.08. The lowest BCUT2D eigenvalue weighted by molar-refractivity contribution is 0.0717. The molecule has 1 aliphatic heterocycles. The van der Waals surface area contributed by atoms with E-state index in [4.69, 9.17) is 16.0 Å². The second-order valence-corrected chi connectivity index (χ2v) is 7.70. The van der Waals surface area contributed by atoms with Crippen LogP contribution >= 0.6 is 11.6 Å². The van der Waals surface area contributed by atoms with E-state index in [1.165, 1.54) is 4.68 Å². The van der Waals surface area contributed by atoms with Gasteiger partial charge in [-0.3, -0.25) is 9.59 Å². The van der Waals surface area contributed by atoms with E-state index in [0.717, 1.165) is 5.39 Å². The average Bonchev–Trinajstić information content (AvgIpc) is 3.25. The molecule has 1 amide bonds. The Labute approximate surface area is 183 Å². The number of hydrogen-bond donors (Lipinski definition) is 0. The lowest BCUT2D eigenvalue weighted by Crippen LogP contribution is -2.49. The molecule has 3 heterocycles. The molecule has 4 aromatic rings. The zero-order valence-electron chi connectivity index (χ0n) is 16.6. The van der Waals surface area contributed by atoms with Crippen LogP contribution in [-0.2, 0) is 0 Å². The third kappa shape index (κ3) is 3.57. The fourth-order valence-electron chi connectivity index (χ4n) is 3.79. The lowest BCUT2D eigenvalue weighted by Gasteiger charge is -2.35. The number of furan rings is 1. The zero-order valence-corrected chi connectivity index (χ0v) is 17.3. The molecule has 1 aliphatic rings. The van der Waals surface area contributed by atoms with Gasteiger partial charge in [0.25, 0.3) is 11.5 Å². The van der Waals surface area contributed by atoms with E-state index in [1.807, 2.05) is 47.4 Å². The number of carbonyl (C=O) groups is 1. The summed E-state index contributed by atoms with van der Waals surface area (Å²) >= 11 is 6.41. The molecule has 0 N–H and O–H groups in total. The zero-order chi connectivity index (χ0) is 21.4. The molecule has 5 rings (SSSR count). The van der Waals surface area contributed by atoms with Crippen molar-refractivity contribution in [1.29, 1.82) is 0 Å². The van der Waals surface area contributed by atoms with Crippen LogP contribution in [0.5, 0.6) is 0 Å². The Morgan fingerprint density at radius 2 is 1.68 bits per heavy atom. The van der Waals surface area contributed by atoms with Gasteiger partial charge >= 0.3 is 0 Å². The van der Waals surface area contributed by atoms with E-state index in [1.54, 1.807) is 29.3 Å². The maximum absolute atomic E-state index is 12.9. The molecule has 1 fully saturated rings. The number of halogens is 1. The molecule has 0 unspecified atom stereocenters. The maximum atomic E-state index is 12.9. The normalized spacial score (nSPS) is 14.2. The number of benzene rings is 2. The van der Waals surface area contributed by atoms with Crippen molar-refractivity contribution in [3.63, 3.8) is 0 Å². The quantitative estimate of drug-likeness (QED) is 0.492. The first kappa shape index (κ1) is 19.4. The van der Waals surface area contributed by atoms with Crippen LogP contribution in [0.25, 0.3) is 16.7 Å². The summed E-state index contributed by atoms with van der Waals surface area (Å²) < 4.78 is 6.99. The van der Waals surface area contributed by atoms with Crippen molar-refractivity contribution in [1.82, 2.24) is 14.7 Å². The number of amides is 1. The summed E-state index contributed by atoms with van der Waals surface area (Å²) in [5, 5.41) is 5.32. The number of carbonyl (C=O) groups excluding carboxylic acids is 1. The van der Waals surface area contributed by atoms with Crippen LogP contribution in [0, 0.1) is 0 Å². The molecule has 2 aromatic heterocycles. The fraction of sp³-hybridized carbons (Fsp3) is 0.174. The Morgan fingerprint density at radius 3 is 2.42 bits per heavy atom. The van der Waals surface area contributed by atoms with Gasteiger partial charge in [-0.15, -0.1) is 0 Å². The Bertz CT molecular complexity index is 1270. The van der Waals surface area contributed by atoms with Crippen molar-refractivity contribution in [3.8, 4) is 5.69 Å². The monoisotopic (exact) mass is 434 g/mol. The third-order valence-electron chi connectivity index (χ3n) is 5.45. The van der Waals surface area contributed by atoms with Crippen molar-refractivity contribution < 1.29 is 9.21 Å². The number of nitrogens with zero attached hydrogens (tertiary/aromatic N) is 4. The Morgan fingerprint density at radius 1 is 0.968 bits per heavy atom. The highest BCUT2D eigenvalue weighted by molar-refractivity contribution is 6.33.